The van der Waals surface area contributed by atoms with Crippen LogP contribution in [-0.2, 0) is 27.2 Å². The largest absolute Gasteiger partial charge is 0.486 e. The smallest absolute Gasteiger partial charge is 0.331 e. The predicted molar refractivity (Wildman–Crippen MR) is 107 cm³/mol. The van der Waals surface area contributed by atoms with Crippen molar-refractivity contribution >= 4 is 34.3 Å². The molecular weight excluding hydrogens is 392 g/mol. The monoisotopic (exact) mass is 410 g/mol. The van der Waals surface area contributed by atoms with Gasteiger partial charge in [0.25, 0.3) is 5.91 Å². The molecule has 0 spiro atoms. The maximum Gasteiger partial charge on any atom is 0.331 e. The molecule has 2 aliphatic rings. The SMILES string of the molecule is N#Cc1c(NC(=O)COC(=O)/C=C/c2ccc3c(c2)OCCO3)sc2c1CCC2. The number of amides is 1. The van der Waals surface area contributed by atoms with Crippen molar-refractivity contribution in [2.45, 2.75) is 19.3 Å². The Morgan fingerprint density at radius 1 is 1.24 bits per heavy atom. The van der Waals surface area contributed by atoms with Gasteiger partial charge < -0.3 is 19.5 Å². The first-order valence-corrected chi connectivity index (χ1v) is 10.0. The van der Waals surface area contributed by atoms with E-state index in [1.54, 1.807) is 24.3 Å². The fourth-order valence-electron chi connectivity index (χ4n) is 3.29. The van der Waals surface area contributed by atoms with E-state index in [4.69, 9.17) is 14.2 Å². The Balaban J connectivity index is 1.30. The lowest BCUT2D eigenvalue weighted by Crippen LogP contribution is -2.20. The van der Waals surface area contributed by atoms with Gasteiger partial charge in [0.05, 0.1) is 5.56 Å². The highest BCUT2D eigenvalue weighted by Crippen LogP contribution is 2.38. The molecule has 1 amide bonds. The zero-order valence-electron chi connectivity index (χ0n) is 15.5. The molecule has 0 saturated heterocycles. The number of benzene rings is 1. The average Bonchev–Trinajstić information content (AvgIpc) is 3.31. The van der Waals surface area contributed by atoms with Crippen molar-refractivity contribution in [2.75, 3.05) is 25.1 Å². The number of thiophene rings is 1. The van der Waals surface area contributed by atoms with E-state index in [1.807, 2.05) is 0 Å². The Labute approximate surface area is 171 Å². The van der Waals surface area contributed by atoms with E-state index in [2.05, 4.69) is 11.4 Å². The van der Waals surface area contributed by atoms with E-state index >= 15 is 0 Å². The highest BCUT2D eigenvalue weighted by molar-refractivity contribution is 7.16. The molecule has 4 rings (SSSR count). The number of nitrogens with one attached hydrogen (secondary N) is 1. The third-order valence-electron chi connectivity index (χ3n) is 4.61. The number of esters is 1. The van der Waals surface area contributed by atoms with Crippen LogP contribution in [0.15, 0.2) is 24.3 Å². The van der Waals surface area contributed by atoms with E-state index in [0.717, 1.165) is 35.3 Å². The molecule has 0 unspecified atom stereocenters. The molecule has 1 aromatic heterocycles. The first kappa shape index (κ1) is 19.0. The number of hydrogen-bond donors (Lipinski definition) is 1. The van der Waals surface area contributed by atoms with Gasteiger partial charge in [-0.3, -0.25) is 4.79 Å². The molecule has 148 valence electrons. The Morgan fingerprint density at radius 2 is 2.07 bits per heavy atom. The number of rotatable bonds is 5. The third kappa shape index (κ3) is 4.25. The van der Waals surface area contributed by atoms with Crippen LogP contribution < -0.4 is 14.8 Å². The zero-order chi connectivity index (χ0) is 20.2. The summed E-state index contributed by atoms with van der Waals surface area (Å²) in [7, 11) is 0. The van der Waals surface area contributed by atoms with Gasteiger partial charge >= 0.3 is 5.97 Å². The van der Waals surface area contributed by atoms with E-state index in [0.29, 0.717) is 35.3 Å². The molecule has 2 heterocycles. The molecule has 0 radical (unpaired) electrons. The molecule has 1 aliphatic carbocycles. The Morgan fingerprint density at radius 3 is 2.90 bits per heavy atom. The highest BCUT2D eigenvalue weighted by Gasteiger charge is 2.23. The topological polar surface area (TPSA) is 97.7 Å². The van der Waals surface area contributed by atoms with Crippen LogP contribution in [-0.4, -0.2) is 31.7 Å². The average molecular weight is 410 g/mol. The standard InChI is InChI=1S/C21H18N2O5S/c22-11-15-14-2-1-3-18(14)29-21(15)23-19(24)12-28-20(25)7-5-13-4-6-16-17(10-13)27-9-8-26-16/h4-7,10H,1-3,8-9,12H2,(H,23,24)/b7-5+. The first-order chi connectivity index (χ1) is 14.1. The minimum atomic E-state index is -0.635. The van der Waals surface area contributed by atoms with Crippen molar-refractivity contribution in [3.63, 3.8) is 0 Å². The van der Waals surface area contributed by atoms with E-state index in [1.165, 1.54) is 17.4 Å². The number of hydrogen-bond acceptors (Lipinski definition) is 7. The molecule has 8 heteroatoms. The van der Waals surface area contributed by atoms with E-state index in [9.17, 15) is 14.9 Å². The molecule has 2 aromatic rings. The second-order valence-electron chi connectivity index (χ2n) is 6.57. The number of carbonyl (C=O) groups excluding carboxylic acids is 2. The summed E-state index contributed by atoms with van der Waals surface area (Å²) in [5, 5.41) is 12.6. The number of nitriles is 1. The summed E-state index contributed by atoms with van der Waals surface area (Å²) in [4.78, 5) is 25.2. The van der Waals surface area contributed by atoms with E-state index in [-0.39, 0.29) is 0 Å². The van der Waals surface area contributed by atoms with Crippen molar-refractivity contribution in [1.29, 1.82) is 5.26 Å². The van der Waals surface area contributed by atoms with Gasteiger partial charge in [0.1, 0.15) is 24.3 Å². The van der Waals surface area contributed by atoms with Crippen LogP contribution in [0.25, 0.3) is 6.08 Å². The summed E-state index contributed by atoms with van der Waals surface area (Å²) >= 11 is 1.42. The van der Waals surface area contributed by atoms with Crippen LogP contribution in [0.1, 0.15) is 28.0 Å². The minimum Gasteiger partial charge on any atom is -0.486 e. The van der Waals surface area contributed by atoms with Crippen molar-refractivity contribution in [2.24, 2.45) is 0 Å². The summed E-state index contributed by atoms with van der Waals surface area (Å²) in [5.41, 5.74) is 2.32. The van der Waals surface area contributed by atoms with Gasteiger partial charge in [0.15, 0.2) is 18.1 Å². The molecule has 7 nitrogen and oxygen atoms in total. The van der Waals surface area contributed by atoms with Gasteiger partial charge in [0.2, 0.25) is 0 Å². The van der Waals surface area contributed by atoms with Gasteiger partial charge in [-0.25, -0.2) is 4.79 Å². The molecule has 1 aliphatic heterocycles. The van der Waals surface area contributed by atoms with Crippen LogP contribution in [0, 0.1) is 11.3 Å². The molecule has 1 N–H and O–H groups in total. The fraction of sp³-hybridized carbons (Fsp3) is 0.286. The maximum absolute atomic E-state index is 12.1. The second-order valence-corrected chi connectivity index (χ2v) is 7.67. The minimum absolute atomic E-state index is 0.419. The molecule has 0 bridgehead atoms. The fourth-order valence-corrected chi connectivity index (χ4v) is 4.54. The van der Waals surface area contributed by atoms with Crippen LogP contribution in [0.3, 0.4) is 0 Å². The molecular formula is C21H18N2O5S. The van der Waals surface area contributed by atoms with Crippen molar-refractivity contribution in [3.8, 4) is 17.6 Å². The van der Waals surface area contributed by atoms with Gasteiger partial charge in [-0.05, 0) is 48.6 Å². The van der Waals surface area contributed by atoms with Crippen molar-refractivity contribution < 1.29 is 23.8 Å². The predicted octanol–water partition coefficient (Wildman–Crippen LogP) is 3.07. The number of aryl methyl sites for hydroxylation is 1. The van der Waals surface area contributed by atoms with Crippen molar-refractivity contribution in [3.05, 3.63) is 45.8 Å². The normalized spacial score (nSPS) is 14.3. The summed E-state index contributed by atoms with van der Waals surface area (Å²) in [5.74, 6) is 0.193. The van der Waals surface area contributed by atoms with E-state index < -0.39 is 18.5 Å². The summed E-state index contributed by atoms with van der Waals surface area (Å²) < 4.78 is 15.9. The summed E-state index contributed by atoms with van der Waals surface area (Å²) in [6.07, 6.45) is 5.67. The highest BCUT2D eigenvalue weighted by atomic mass is 32.1. The van der Waals surface area contributed by atoms with Gasteiger partial charge in [-0.15, -0.1) is 11.3 Å². The van der Waals surface area contributed by atoms with Gasteiger partial charge in [0, 0.05) is 11.0 Å². The molecule has 0 saturated carbocycles. The van der Waals surface area contributed by atoms with Gasteiger partial charge in [-0.2, -0.15) is 5.26 Å². The Bertz CT molecular complexity index is 1030. The lowest BCUT2D eigenvalue weighted by atomic mass is 10.1. The second kappa shape index (κ2) is 8.37. The first-order valence-electron chi connectivity index (χ1n) is 9.23. The number of carbonyl (C=O) groups is 2. The van der Waals surface area contributed by atoms with Crippen LogP contribution in [0.2, 0.25) is 0 Å². The number of fused-ring (bicyclic) bond motifs is 2. The van der Waals surface area contributed by atoms with Crippen LogP contribution in [0.5, 0.6) is 11.5 Å². The summed E-state index contributed by atoms with van der Waals surface area (Å²) in [6.45, 7) is 0.580. The molecule has 0 fully saturated rings. The summed E-state index contributed by atoms with van der Waals surface area (Å²) in [6, 6.07) is 7.50. The zero-order valence-corrected chi connectivity index (χ0v) is 16.3. The van der Waals surface area contributed by atoms with Crippen molar-refractivity contribution in [1.82, 2.24) is 0 Å². The molecule has 0 atom stereocenters. The number of anilines is 1. The van der Waals surface area contributed by atoms with Crippen LogP contribution >= 0.6 is 11.3 Å². The quantitative estimate of drug-likeness (QED) is 0.601. The van der Waals surface area contributed by atoms with Crippen LogP contribution in [0.4, 0.5) is 5.00 Å². The Kier molecular flexibility index (Phi) is 5.49. The van der Waals surface area contributed by atoms with Gasteiger partial charge in [-0.1, -0.05) is 6.07 Å². The number of ether oxygens (including phenoxy) is 3. The maximum atomic E-state index is 12.1. The lowest BCUT2D eigenvalue weighted by Gasteiger charge is -2.18. The third-order valence-corrected chi connectivity index (χ3v) is 5.82. The number of nitrogens with zero attached hydrogens (tertiary/aromatic N) is 1. The molecule has 29 heavy (non-hydrogen) atoms. The molecule has 1 aromatic carbocycles. The Hall–Kier alpha value is -3.31. The lowest BCUT2D eigenvalue weighted by molar-refractivity contribution is -0.142.